The van der Waals surface area contributed by atoms with E-state index in [1.165, 1.54) is 26.0 Å². The molecule has 16 heavy (non-hydrogen) atoms. The molecule has 0 aliphatic heterocycles. The van der Waals surface area contributed by atoms with Crippen molar-refractivity contribution in [1.82, 2.24) is 0 Å². The average molecular weight is 267 g/mol. The molecule has 0 aliphatic rings. The van der Waals surface area contributed by atoms with Crippen molar-refractivity contribution in [3.63, 3.8) is 0 Å². The number of halogens is 2. The van der Waals surface area contributed by atoms with Crippen LogP contribution in [0.3, 0.4) is 0 Å². The van der Waals surface area contributed by atoms with Crippen LogP contribution in [0.25, 0.3) is 0 Å². The number of benzene rings is 1. The number of hydrogen-bond acceptors (Lipinski definition) is 4. The van der Waals surface area contributed by atoms with E-state index in [4.69, 9.17) is 42.9 Å². The first-order chi connectivity index (χ1) is 7.41. The maximum atomic E-state index is 9.04. The smallest absolute Gasteiger partial charge is 0.194 e. The van der Waals surface area contributed by atoms with Crippen LogP contribution in [0.5, 0.6) is 11.5 Å². The lowest BCUT2D eigenvalue weighted by Gasteiger charge is -2.15. The highest BCUT2D eigenvalue weighted by Crippen LogP contribution is 2.39. The van der Waals surface area contributed by atoms with Gasteiger partial charge in [-0.2, -0.15) is 0 Å². The molecule has 0 heterocycles. The molecule has 0 fully saturated rings. The van der Waals surface area contributed by atoms with Crippen LogP contribution < -0.4 is 9.47 Å². The van der Waals surface area contributed by atoms with E-state index >= 15 is 0 Å². The highest BCUT2D eigenvalue weighted by molar-refractivity contribution is 6.43. The molecule has 0 amide bonds. The Labute approximate surface area is 103 Å². The summed E-state index contributed by atoms with van der Waals surface area (Å²) in [7, 11) is 0. The molecule has 0 saturated carbocycles. The molecule has 0 aliphatic carbocycles. The molecule has 0 radical (unpaired) electrons. The van der Waals surface area contributed by atoms with E-state index in [9.17, 15) is 0 Å². The molecule has 1 rings (SSSR count). The number of hydrogen-bond donors (Lipinski definition) is 2. The summed E-state index contributed by atoms with van der Waals surface area (Å²) in [5.74, 6) is 0.499. The molecule has 90 valence electrons. The van der Waals surface area contributed by atoms with Gasteiger partial charge in [0, 0.05) is 0 Å². The van der Waals surface area contributed by atoms with Crippen molar-refractivity contribution in [3.8, 4) is 11.5 Å². The predicted molar refractivity (Wildman–Crippen MR) is 61.1 cm³/mol. The fourth-order valence-corrected chi connectivity index (χ4v) is 1.46. The molecule has 4 nitrogen and oxygen atoms in total. The minimum Gasteiger partial charge on any atom is -0.464 e. The van der Waals surface area contributed by atoms with Crippen molar-refractivity contribution in [2.24, 2.45) is 0 Å². The summed E-state index contributed by atoms with van der Waals surface area (Å²) in [5, 5.41) is 18.3. The van der Waals surface area contributed by atoms with Crippen LogP contribution in [-0.2, 0) is 0 Å². The molecule has 0 saturated heterocycles. The average Bonchev–Trinajstić information content (AvgIpc) is 2.16. The van der Waals surface area contributed by atoms with Gasteiger partial charge < -0.3 is 19.7 Å². The van der Waals surface area contributed by atoms with Gasteiger partial charge >= 0.3 is 0 Å². The third kappa shape index (κ3) is 3.42. The quantitative estimate of drug-likeness (QED) is 0.822. The third-order valence-electron chi connectivity index (χ3n) is 1.61. The SMILES string of the molecule is CC(O)Oc1ccc(OC(C)O)c(Cl)c1Cl. The van der Waals surface area contributed by atoms with Crippen molar-refractivity contribution in [1.29, 1.82) is 0 Å². The number of aliphatic hydroxyl groups excluding tert-OH is 2. The molecular formula is C10H12Cl2O4. The highest BCUT2D eigenvalue weighted by Gasteiger charge is 2.14. The van der Waals surface area contributed by atoms with Crippen LogP contribution in [0.15, 0.2) is 12.1 Å². The Bertz CT molecular complexity index is 331. The first-order valence-electron chi connectivity index (χ1n) is 4.59. The Kier molecular flexibility index (Phi) is 4.68. The van der Waals surface area contributed by atoms with Crippen LogP contribution in [0.2, 0.25) is 10.0 Å². The van der Waals surface area contributed by atoms with Gasteiger partial charge in [0.2, 0.25) is 0 Å². The Balaban J connectivity index is 2.98. The van der Waals surface area contributed by atoms with Crippen LogP contribution >= 0.6 is 23.2 Å². The summed E-state index contributed by atoms with van der Waals surface area (Å²) >= 11 is 11.8. The van der Waals surface area contributed by atoms with Gasteiger partial charge in [-0.15, -0.1) is 0 Å². The molecule has 2 atom stereocenters. The molecule has 1 aromatic carbocycles. The fourth-order valence-electron chi connectivity index (χ4n) is 1.06. The lowest BCUT2D eigenvalue weighted by molar-refractivity contribution is -0.00348. The second-order valence-electron chi connectivity index (χ2n) is 3.12. The van der Waals surface area contributed by atoms with Gasteiger partial charge in [0.25, 0.3) is 0 Å². The lowest BCUT2D eigenvalue weighted by atomic mass is 10.3. The van der Waals surface area contributed by atoms with Gasteiger partial charge in [-0.25, -0.2) is 0 Å². The largest absolute Gasteiger partial charge is 0.464 e. The second kappa shape index (κ2) is 5.59. The first kappa shape index (κ1) is 13.4. The fraction of sp³-hybridized carbons (Fsp3) is 0.400. The van der Waals surface area contributed by atoms with Crippen molar-refractivity contribution in [3.05, 3.63) is 22.2 Å². The molecule has 0 bridgehead atoms. The molecular weight excluding hydrogens is 255 g/mol. The summed E-state index contributed by atoms with van der Waals surface area (Å²) < 4.78 is 10.0. The van der Waals surface area contributed by atoms with Crippen LogP contribution in [0.1, 0.15) is 13.8 Å². The van der Waals surface area contributed by atoms with E-state index in [2.05, 4.69) is 0 Å². The standard InChI is InChI=1S/C10H12Cl2O4/c1-5(13)15-7-3-4-8(16-6(2)14)10(12)9(7)11/h3-6,13-14H,1-2H3. The predicted octanol–water partition coefficient (Wildman–Crippen LogP) is 2.43. The lowest BCUT2D eigenvalue weighted by Crippen LogP contribution is -2.11. The minimum atomic E-state index is -0.989. The molecule has 6 heteroatoms. The number of rotatable bonds is 4. The Morgan fingerprint density at radius 2 is 1.25 bits per heavy atom. The first-order valence-corrected chi connectivity index (χ1v) is 5.35. The van der Waals surface area contributed by atoms with E-state index in [-0.39, 0.29) is 21.5 Å². The minimum absolute atomic E-state index is 0.126. The van der Waals surface area contributed by atoms with Gasteiger partial charge in [-0.1, -0.05) is 23.2 Å². The topological polar surface area (TPSA) is 58.9 Å². The van der Waals surface area contributed by atoms with Gasteiger partial charge in [0.15, 0.2) is 12.6 Å². The van der Waals surface area contributed by atoms with E-state index in [1.807, 2.05) is 0 Å². The molecule has 0 aromatic heterocycles. The van der Waals surface area contributed by atoms with Crippen molar-refractivity contribution in [2.75, 3.05) is 0 Å². The molecule has 2 N–H and O–H groups in total. The van der Waals surface area contributed by atoms with Gasteiger partial charge in [0.05, 0.1) is 0 Å². The summed E-state index contributed by atoms with van der Waals surface area (Å²) in [6.07, 6.45) is -1.98. The van der Waals surface area contributed by atoms with Gasteiger partial charge in [-0.05, 0) is 26.0 Å². The Hall–Kier alpha value is -0.680. The molecule has 2 unspecified atom stereocenters. The van der Waals surface area contributed by atoms with Crippen molar-refractivity contribution in [2.45, 2.75) is 26.4 Å². The van der Waals surface area contributed by atoms with Gasteiger partial charge in [-0.3, -0.25) is 0 Å². The van der Waals surface area contributed by atoms with E-state index < -0.39 is 12.6 Å². The van der Waals surface area contributed by atoms with Gasteiger partial charge in [0.1, 0.15) is 21.5 Å². The maximum absolute atomic E-state index is 9.04. The van der Waals surface area contributed by atoms with Crippen LogP contribution in [0, 0.1) is 0 Å². The summed E-state index contributed by atoms with van der Waals surface area (Å²) in [6.45, 7) is 2.90. The zero-order chi connectivity index (χ0) is 12.3. The highest BCUT2D eigenvalue weighted by atomic mass is 35.5. The van der Waals surface area contributed by atoms with Crippen LogP contribution in [0.4, 0.5) is 0 Å². The number of aliphatic hydroxyl groups is 2. The maximum Gasteiger partial charge on any atom is 0.194 e. The summed E-state index contributed by atoms with van der Waals surface area (Å²) in [4.78, 5) is 0. The zero-order valence-corrected chi connectivity index (χ0v) is 10.3. The number of ether oxygens (including phenoxy) is 2. The Morgan fingerprint density at radius 3 is 1.50 bits per heavy atom. The second-order valence-corrected chi connectivity index (χ2v) is 3.88. The van der Waals surface area contributed by atoms with Crippen LogP contribution in [-0.4, -0.2) is 22.8 Å². The van der Waals surface area contributed by atoms with Crippen molar-refractivity contribution < 1.29 is 19.7 Å². The zero-order valence-electron chi connectivity index (χ0n) is 8.78. The monoisotopic (exact) mass is 266 g/mol. The van der Waals surface area contributed by atoms with E-state index in [0.29, 0.717) is 0 Å². The third-order valence-corrected chi connectivity index (χ3v) is 2.45. The Morgan fingerprint density at radius 1 is 0.938 bits per heavy atom. The summed E-state index contributed by atoms with van der Waals surface area (Å²) in [6, 6.07) is 3.00. The molecule has 0 spiro atoms. The van der Waals surface area contributed by atoms with E-state index in [1.54, 1.807) is 0 Å². The summed E-state index contributed by atoms with van der Waals surface area (Å²) in [5.41, 5.74) is 0. The normalized spacial score (nSPS) is 14.4. The molecule has 1 aromatic rings. The van der Waals surface area contributed by atoms with Crippen molar-refractivity contribution >= 4 is 23.2 Å². The van der Waals surface area contributed by atoms with E-state index in [0.717, 1.165) is 0 Å².